The molecule has 0 saturated heterocycles. The van der Waals surface area contributed by atoms with Crippen LogP contribution in [0.2, 0.25) is 0 Å². The fourth-order valence-corrected chi connectivity index (χ4v) is 3.81. The first kappa shape index (κ1) is 16.6. The van der Waals surface area contributed by atoms with Gasteiger partial charge in [0.05, 0.1) is 14.2 Å². The van der Waals surface area contributed by atoms with Crippen molar-refractivity contribution < 1.29 is 9.47 Å². The van der Waals surface area contributed by atoms with Gasteiger partial charge in [0.15, 0.2) is 11.5 Å². The van der Waals surface area contributed by atoms with Crippen LogP contribution in [0.3, 0.4) is 0 Å². The molecule has 118 valence electrons. The molecule has 0 radical (unpaired) electrons. The molecular weight excluding hydrogens is 330 g/mol. The Hall–Kier alpha value is -0.740. The Morgan fingerprint density at radius 3 is 2.10 bits per heavy atom. The van der Waals surface area contributed by atoms with Crippen LogP contribution in [-0.2, 0) is 0 Å². The SMILES string of the molecule is COc1cc(Br)c(C(N)C2CCCCCCC2)cc1OC. The molecule has 1 aliphatic carbocycles. The minimum atomic E-state index is 0.0530. The zero-order valence-corrected chi connectivity index (χ0v) is 14.6. The van der Waals surface area contributed by atoms with Crippen LogP contribution in [0.5, 0.6) is 11.5 Å². The minimum absolute atomic E-state index is 0.0530. The minimum Gasteiger partial charge on any atom is -0.493 e. The number of hydrogen-bond donors (Lipinski definition) is 1. The van der Waals surface area contributed by atoms with E-state index in [4.69, 9.17) is 15.2 Å². The van der Waals surface area contributed by atoms with Crippen LogP contribution in [0.1, 0.15) is 56.6 Å². The average Bonchev–Trinajstić information content (AvgIpc) is 2.46. The highest BCUT2D eigenvalue weighted by molar-refractivity contribution is 9.10. The van der Waals surface area contributed by atoms with Gasteiger partial charge in [0, 0.05) is 10.5 Å². The maximum Gasteiger partial charge on any atom is 0.161 e. The first-order valence-electron chi connectivity index (χ1n) is 7.84. The molecule has 0 aromatic heterocycles. The Kier molecular flexibility index (Phi) is 6.37. The molecule has 2 N–H and O–H groups in total. The molecule has 0 spiro atoms. The van der Waals surface area contributed by atoms with Crippen molar-refractivity contribution >= 4 is 15.9 Å². The summed E-state index contributed by atoms with van der Waals surface area (Å²) in [5.41, 5.74) is 7.70. The largest absolute Gasteiger partial charge is 0.493 e. The zero-order chi connectivity index (χ0) is 15.2. The van der Waals surface area contributed by atoms with E-state index in [2.05, 4.69) is 15.9 Å². The Morgan fingerprint density at radius 2 is 1.52 bits per heavy atom. The molecule has 1 aromatic rings. The van der Waals surface area contributed by atoms with Gasteiger partial charge in [-0.25, -0.2) is 0 Å². The highest BCUT2D eigenvalue weighted by Gasteiger charge is 2.23. The van der Waals surface area contributed by atoms with Gasteiger partial charge in [0.25, 0.3) is 0 Å². The lowest BCUT2D eigenvalue weighted by atomic mass is 9.83. The Balaban J connectivity index is 2.22. The van der Waals surface area contributed by atoms with Crippen molar-refractivity contribution in [2.75, 3.05) is 14.2 Å². The number of hydrogen-bond acceptors (Lipinski definition) is 3. The second kappa shape index (κ2) is 8.04. The van der Waals surface area contributed by atoms with Crippen LogP contribution >= 0.6 is 15.9 Å². The summed E-state index contributed by atoms with van der Waals surface area (Å²) < 4.78 is 11.8. The molecule has 2 rings (SSSR count). The van der Waals surface area contributed by atoms with Gasteiger partial charge in [-0.15, -0.1) is 0 Å². The predicted molar refractivity (Wildman–Crippen MR) is 90.0 cm³/mol. The molecule has 0 bridgehead atoms. The normalized spacial score (nSPS) is 18.7. The number of rotatable bonds is 4. The fourth-order valence-electron chi connectivity index (χ4n) is 3.23. The van der Waals surface area contributed by atoms with Gasteiger partial charge in [0.2, 0.25) is 0 Å². The highest BCUT2D eigenvalue weighted by atomic mass is 79.9. The summed E-state index contributed by atoms with van der Waals surface area (Å²) in [6, 6.07) is 4.03. The summed E-state index contributed by atoms with van der Waals surface area (Å²) in [6.07, 6.45) is 9.10. The van der Waals surface area contributed by atoms with E-state index in [-0.39, 0.29) is 6.04 Å². The molecule has 1 atom stereocenters. The number of halogens is 1. The van der Waals surface area contributed by atoms with Gasteiger partial charge in [0.1, 0.15) is 0 Å². The standard InChI is InChI=1S/C17H26BrNO2/c1-20-15-10-13(14(18)11-16(15)21-2)17(19)12-8-6-4-3-5-7-9-12/h10-12,17H,3-9,19H2,1-2H3. The Bertz CT molecular complexity index is 456. The van der Waals surface area contributed by atoms with Crippen LogP contribution in [0.25, 0.3) is 0 Å². The molecule has 1 aliphatic rings. The summed E-state index contributed by atoms with van der Waals surface area (Å²) in [6.45, 7) is 0. The van der Waals surface area contributed by atoms with Gasteiger partial charge < -0.3 is 15.2 Å². The number of benzene rings is 1. The van der Waals surface area contributed by atoms with Crippen molar-refractivity contribution in [3.8, 4) is 11.5 Å². The molecule has 4 heteroatoms. The maximum absolute atomic E-state index is 6.58. The molecule has 1 saturated carbocycles. The Morgan fingerprint density at radius 1 is 1.00 bits per heavy atom. The fraction of sp³-hybridized carbons (Fsp3) is 0.647. The molecule has 0 heterocycles. The van der Waals surface area contributed by atoms with Crippen molar-refractivity contribution in [3.63, 3.8) is 0 Å². The summed E-state index contributed by atoms with van der Waals surface area (Å²) in [5.74, 6) is 2.04. The van der Waals surface area contributed by atoms with Crippen molar-refractivity contribution in [3.05, 3.63) is 22.2 Å². The first-order chi connectivity index (χ1) is 10.2. The van der Waals surface area contributed by atoms with Gasteiger partial charge >= 0.3 is 0 Å². The van der Waals surface area contributed by atoms with E-state index in [9.17, 15) is 0 Å². The number of ether oxygens (including phenoxy) is 2. The highest BCUT2D eigenvalue weighted by Crippen LogP contribution is 2.39. The van der Waals surface area contributed by atoms with Crippen molar-refractivity contribution in [1.82, 2.24) is 0 Å². The molecule has 0 aliphatic heterocycles. The third-order valence-electron chi connectivity index (χ3n) is 4.52. The van der Waals surface area contributed by atoms with Crippen LogP contribution in [0, 0.1) is 5.92 Å². The first-order valence-corrected chi connectivity index (χ1v) is 8.63. The van der Waals surface area contributed by atoms with E-state index in [0.717, 1.165) is 21.5 Å². The van der Waals surface area contributed by atoms with E-state index in [0.29, 0.717) is 5.92 Å². The summed E-state index contributed by atoms with van der Waals surface area (Å²) in [5, 5.41) is 0. The molecule has 1 unspecified atom stereocenters. The lowest BCUT2D eigenvalue weighted by Crippen LogP contribution is -2.23. The van der Waals surface area contributed by atoms with E-state index in [1.807, 2.05) is 12.1 Å². The van der Waals surface area contributed by atoms with Crippen LogP contribution in [-0.4, -0.2) is 14.2 Å². The van der Waals surface area contributed by atoms with E-state index >= 15 is 0 Å². The average molecular weight is 356 g/mol. The third kappa shape index (κ3) is 4.13. The maximum atomic E-state index is 6.58. The second-order valence-corrected chi connectivity index (χ2v) is 6.71. The van der Waals surface area contributed by atoms with E-state index in [1.165, 1.54) is 44.9 Å². The number of nitrogens with two attached hydrogens (primary N) is 1. The lowest BCUT2D eigenvalue weighted by molar-refractivity contribution is 0.324. The third-order valence-corrected chi connectivity index (χ3v) is 5.21. The summed E-state index contributed by atoms with van der Waals surface area (Å²) in [7, 11) is 3.32. The summed E-state index contributed by atoms with van der Waals surface area (Å²) in [4.78, 5) is 0. The molecular formula is C17H26BrNO2. The Labute approximate surface area is 136 Å². The molecule has 0 amide bonds. The van der Waals surface area contributed by atoms with E-state index < -0.39 is 0 Å². The predicted octanol–water partition coefficient (Wildman–Crippen LogP) is 4.83. The lowest BCUT2D eigenvalue weighted by Gasteiger charge is -2.27. The van der Waals surface area contributed by atoms with Crippen LogP contribution in [0.15, 0.2) is 16.6 Å². The van der Waals surface area contributed by atoms with Gasteiger partial charge in [-0.05, 0) is 36.5 Å². The van der Waals surface area contributed by atoms with Crippen molar-refractivity contribution in [1.29, 1.82) is 0 Å². The topological polar surface area (TPSA) is 44.5 Å². The van der Waals surface area contributed by atoms with Gasteiger partial charge in [-0.1, -0.05) is 48.0 Å². The van der Waals surface area contributed by atoms with Gasteiger partial charge in [-0.3, -0.25) is 0 Å². The smallest absolute Gasteiger partial charge is 0.161 e. The molecule has 1 fully saturated rings. The van der Waals surface area contributed by atoms with Crippen LogP contribution in [0.4, 0.5) is 0 Å². The van der Waals surface area contributed by atoms with Crippen LogP contribution < -0.4 is 15.2 Å². The molecule has 1 aromatic carbocycles. The molecule has 21 heavy (non-hydrogen) atoms. The van der Waals surface area contributed by atoms with Gasteiger partial charge in [-0.2, -0.15) is 0 Å². The van der Waals surface area contributed by atoms with E-state index in [1.54, 1.807) is 14.2 Å². The summed E-state index contributed by atoms with van der Waals surface area (Å²) >= 11 is 3.64. The second-order valence-electron chi connectivity index (χ2n) is 5.86. The van der Waals surface area contributed by atoms with Crippen molar-refractivity contribution in [2.24, 2.45) is 11.7 Å². The molecule has 3 nitrogen and oxygen atoms in total. The zero-order valence-electron chi connectivity index (χ0n) is 13.0. The quantitative estimate of drug-likeness (QED) is 0.841. The monoisotopic (exact) mass is 355 g/mol. The van der Waals surface area contributed by atoms with Crippen molar-refractivity contribution in [2.45, 2.75) is 51.0 Å². The number of methoxy groups -OCH3 is 2.